The highest BCUT2D eigenvalue weighted by Gasteiger charge is 2.55. The molecule has 4 rings (SSSR count). The van der Waals surface area contributed by atoms with Gasteiger partial charge in [-0.05, 0) is 25.7 Å². The van der Waals surface area contributed by atoms with Crippen LogP contribution in [-0.2, 0) is 16.1 Å². The van der Waals surface area contributed by atoms with Crippen LogP contribution in [0.25, 0.3) is 11.3 Å². The summed E-state index contributed by atoms with van der Waals surface area (Å²) in [7, 11) is 0. The van der Waals surface area contributed by atoms with Crippen molar-refractivity contribution < 1.29 is 14.3 Å². The fourth-order valence-corrected chi connectivity index (χ4v) is 4.04. The molecule has 1 aliphatic heterocycles. The van der Waals surface area contributed by atoms with Crippen LogP contribution in [0, 0.1) is 0 Å². The van der Waals surface area contributed by atoms with Crippen LogP contribution in [0.2, 0.25) is 0 Å². The maximum Gasteiger partial charge on any atom is 0.418 e. The quantitative estimate of drug-likeness (QED) is 0.864. The van der Waals surface area contributed by atoms with Crippen molar-refractivity contribution in [2.24, 2.45) is 0 Å². The van der Waals surface area contributed by atoms with Gasteiger partial charge >= 0.3 is 6.09 Å². The van der Waals surface area contributed by atoms with E-state index in [1.807, 2.05) is 35.7 Å². The lowest BCUT2D eigenvalue weighted by Crippen LogP contribution is -2.38. The maximum atomic E-state index is 12.6. The van der Waals surface area contributed by atoms with Gasteiger partial charge in [-0.3, -0.25) is 4.79 Å². The van der Waals surface area contributed by atoms with Crippen molar-refractivity contribution >= 4 is 23.3 Å². The second-order valence-corrected chi connectivity index (χ2v) is 6.90. The van der Waals surface area contributed by atoms with E-state index in [1.165, 1.54) is 16.2 Å². The number of carbonyl (C=O) groups is 2. The van der Waals surface area contributed by atoms with Crippen LogP contribution in [-0.4, -0.2) is 27.5 Å². The van der Waals surface area contributed by atoms with Crippen molar-refractivity contribution in [2.75, 3.05) is 0 Å². The number of hydrogen-bond donors (Lipinski definition) is 0. The van der Waals surface area contributed by atoms with Crippen LogP contribution in [0.3, 0.4) is 0 Å². The minimum atomic E-state index is -0.892. The van der Waals surface area contributed by atoms with Crippen molar-refractivity contribution in [3.8, 4) is 11.3 Å². The predicted molar refractivity (Wildman–Crippen MR) is 85.8 cm³/mol. The Balaban J connectivity index is 1.54. The zero-order chi connectivity index (χ0) is 15.9. The summed E-state index contributed by atoms with van der Waals surface area (Å²) in [6, 6.07) is 9.85. The molecule has 2 aromatic rings. The van der Waals surface area contributed by atoms with Crippen LogP contribution >= 0.6 is 11.3 Å². The molecule has 0 atom stereocenters. The molecule has 118 valence electrons. The number of benzene rings is 1. The Labute approximate surface area is 137 Å². The molecule has 1 saturated carbocycles. The lowest BCUT2D eigenvalue weighted by atomic mass is 10.0. The van der Waals surface area contributed by atoms with Crippen molar-refractivity contribution in [3.05, 3.63) is 40.7 Å². The molecule has 0 bridgehead atoms. The number of amides is 2. The first-order valence-electron chi connectivity index (χ1n) is 7.73. The summed E-state index contributed by atoms with van der Waals surface area (Å²) in [5.74, 6) is -0.198. The largest absolute Gasteiger partial charge is 0.432 e. The summed E-state index contributed by atoms with van der Waals surface area (Å²) in [4.78, 5) is 30.4. The first-order chi connectivity index (χ1) is 11.2. The number of thiazole rings is 1. The highest BCUT2D eigenvalue weighted by molar-refractivity contribution is 7.09. The van der Waals surface area contributed by atoms with E-state index in [9.17, 15) is 9.59 Å². The third kappa shape index (κ3) is 2.43. The molecule has 0 unspecified atom stereocenters. The Hall–Kier alpha value is -2.21. The molecule has 1 aliphatic carbocycles. The maximum absolute atomic E-state index is 12.6. The lowest BCUT2D eigenvalue weighted by molar-refractivity contribution is -0.136. The first-order valence-corrected chi connectivity index (χ1v) is 8.61. The van der Waals surface area contributed by atoms with Gasteiger partial charge in [-0.15, -0.1) is 11.3 Å². The zero-order valence-electron chi connectivity index (χ0n) is 12.5. The summed E-state index contributed by atoms with van der Waals surface area (Å²) in [6.45, 7) is 0.191. The van der Waals surface area contributed by atoms with E-state index in [4.69, 9.17) is 4.74 Å². The second-order valence-electron chi connectivity index (χ2n) is 5.95. The molecule has 6 heteroatoms. The van der Waals surface area contributed by atoms with Gasteiger partial charge in [0.05, 0.1) is 12.2 Å². The Kier molecular flexibility index (Phi) is 3.41. The molecular formula is C17H16N2O3S. The highest BCUT2D eigenvalue weighted by atomic mass is 32.1. The minimum Gasteiger partial charge on any atom is -0.432 e. The predicted octanol–water partition coefficient (Wildman–Crippen LogP) is 3.60. The van der Waals surface area contributed by atoms with Gasteiger partial charge in [0.25, 0.3) is 5.91 Å². The molecule has 2 aliphatic rings. The molecule has 2 amide bonds. The average molecular weight is 328 g/mol. The third-order valence-corrected chi connectivity index (χ3v) is 5.30. The van der Waals surface area contributed by atoms with Gasteiger partial charge in [-0.25, -0.2) is 14.7 Å². The number of imide groups is 1. The standard InChI is InChI=1S/C17H16N2O3S/c20-15-17(8-4-5-9-17)22-16(21)19(15)10-14-18-13(11-23-14)12-6-2-1-3-7-12/h1-3,6-7,11H,4-5,8-10H2. The van der Waals surface area contributed by atoms with Gasteiger partial charge in [0.15, 0.2) is 5.60 Å². The smallest absolute Gasteiger partial charge is 0.418 e. The van der Waals surface area contributed by atoms with Gasteiger partial charge in [0.1, 0.15) is 5.01 Å². The molecule has 23 heavy (non-hydrogen) atoms. The van der Waals surface area contributed by atoms with Gasteiger partial charge in [0, 0.05) is 10.9 Å². The van der Waals surface area contributed by atoms with Crippen molar-refractivity contribution in [1.82, 2.24) is 9.88 Å². The SMILES string of the molecule is O=C1OC2(CCCC2)C(=O)N1Cc1nc(-c2ccccc2)cs1. The molecule has 1 saturated heterocycles. The molecule has 0 N–H and O–H groups in total. The lowest BCUT2D eigenvalue weighted by Gasteiger charge is -2.17. The van der Waals surface area contributed by atoms with Gasteiger partial charge in [-0.1, -0.05) is 30.3 Å². The van der Waals surface area contributed by atoms with Crippen LogP contribution in [0.15, 0.2) is 35.7 Å². The zero-order valence-corrected chi connectivity index (χ0v) is 13.3. The Bertz CT molecular complexity index is 750. The monoisotopic (exact) mass is 328 g/mol. The number of rotatable bonds is 3. The van der Waals surface area contributed by atoms with E-state index in [1.54, 1.807) is 0 Å². The van der Waals surface area contributed by atoms with E-state index >= 15 is 0 Å². The van der Waals surface area contributed by atoms with Crippen molar-refractivity contribution in [1.29, 1.82) is 0 Å². The number of aromatic nitrogens is 1. The number of ether oxygens (including phenoxy) is 1. The Morgan fingerprint density at radius 1 is 1.17 bits per heavy atom. The van der Waals surface area contributed by atoms with Crippen LogP contribution in [0.5, 0.6) is 0 Å². The molecule has 5 nitrogen and oxygen atoms in total. The summed E-state index contributed by atoms with van der Waals surface area (Å²) in [5, 5.41) is 2.69. The molecular weight excluding hydrogens is 312 g/mol. The summed E-state index contributed by atoms with van der Waals surface area (Å²) >= 11 is 1.45. The fourth-order valence-electron chi connectivity index (χ4n) is 3.25. The normalized spacial score (nSPS) is 19.6. The van der Waals surface area contributed by atoms with Crippen LogP contribution in [0.4, 0.5) is 4.79 Å². The summed E-state index contributed by atoms with van der Waals surface area (Å²) in [5.41, 5.74) is 0.996. The van der Waals surface area contributed by atoms with Gasteiger partial charge < -0.3 is 4.74 Å². The van der Waals surface area contributed by atoms with E-state index in [2.05, 4.69) is 4.98 Å². The van der Waals surface area contributed by atoms with Crippen molar-refractivity contribution in [3.63, 3.8) is 0 Å². The average Bonchev–Trinajstić information content (AvgIpc) is 3.27. The van der Waals surface area contributed by atoms with Crippen LogP contribution in [0.1, 0.15) is 30.7 Å². The number of carbonyl (C=O) groups excluding carboxylic acids is 2. The van der Waals surface area contributed by atoms with Gasteiger partial charge in [0.2, 0.25) is 0 Å². The minimum absolute atomic E-state index is 0.191. The molecule has 0 radical (unpaired) electrons. The van der Waals surface area contributed by atoms with E-state index < -0.39 is 11.7 Å². The first kappa shape index (κ1) is 14.4. The molecule has 2 fully saturated rings. The summed E-state index contributed by atoms with van der Waals surface area (Å²) < 4.78 is 5.41. The van der Waals surface area contributed by atoms with Crippen molar-refractivity contribution in [2.45, 2.75) is 37.8 Å². The molecule has 1 spiro atoms. The Morgan fingerprint density at radius 3 is 2.65 bits per heavy atom. The highest BCUT2D eigenvalue weighted by Crippen LogP contribution is 2.40. The van der Waals surface area contributed by atoms with Gasteiger partial charge in [-0.2, -0.15) is 0 Å². The number of hydrogen-bond acceptors (Lipinski definition) is 5. The summed E-state index contributed by atoms with van der Waals surface area (Å²) in [6.07, 6.45) is 2.61. The van der Waals surface area contributed by atoms with Crippen LogP contribution < -0.4 is 0 Å². The third-order valence-electron chi connectivity index (χ3n) is 4.46. The van der Waals surface area contributed by atoms with E-state index in [-0.39, 0.29) is 12.5 Å². The number of nitrogens with zero attached hydrogens (tertiary/aromatic N) is 2. The topological polar surface area (TPSA) is 59.5 Å². The second kappa shape index (κ2) is 5.45. The Morgan fingerprint density at radius 2 is 1.91 bits per heavy atom. The fraction of sp³-hybridized carbons (Fsp3) is 0.353. The molecule has 1 aromatic carbocycles. The molecule has 1 aromatic heterocycles. The molecule has 2 heterocycles. The van der Waals surface area contributed by atoms with E-state index in [0.29, 0.717) is 12.8 Å². The van der Waals surface area contributed by atoms with E-state index in [0.717, 1.165) is 29.1 Å².